The van der Waals surface area contributed by atoms with Gasteiger partial charge in [-0.1, -0.05) is 36.4 Å². The molecule has 0 aliphatic rings. The lowest BCUT2D eigenvalue weighted by atomic mass is 10.1. The SMILES string of the molecule is Cn1ncc2c3ccccc3n(CC(=O)NCCc3c[nH]c4ccccc34)c2c1=O. The Morgan fingerprint density at radius 2 is 1.83 bits per heavy atom. The van der Waals surface area contributed by atoms with Crippen molar-refractivity contribution >= 4 is 38.6 Å². The zero-order valence-electron chi connectivity index (χ0n) is 16.6. The van der Waals surface area contributed by atoms with E-state index in [0.717, 1.165) is 28.2 Å². The highest BCUT2D eigenvalue weighted by atomic mass is 16.2. The number of aryl methyl sites for hydroxylation is 1. The van der Waals surface area contributed by atoms with Gasteiger partial charge in [-0.25, -0.2) is 4.68 Å². The predicted molar refractivity (Wildman–Crippen MR) is 117 cm³/mol. The van der Waals surface area contributed by atoms with Crippen LogP contribution in [0.5, 0.6) is 0 Å². The molecule has 150 valence electrons. The second-order valence-electron chi connectivity index (χ2n) is 7.40. The molecule has 5 rings (SSSR count). The molecule has 0 bridgehead atoms. The van der Waals surface area contributed by atoms with Gasteiger partial charge in [-0.05, 0) is 24.1 Å². The van der Waals surface area contributed by atoms with Gasteiger partial charge in [0, 0.05) is 47.0 Å². The van der Waals surface area contributed by atoms with E-state index in [1.165, 1.54) is 15.6 Å². The van der Waals surface area contributed by atoms with Crippen LogP contribution in [-0.2, 0) is 24.8 Å². The number of amides is 1. The van der Waals surface area contributed by atoms with Gasteiger partial charge in [0.05, 0.1) is 6.20 Å². The van der Waals surface area contributed by atoms with Gasteiger partial charge >= 0.3 is 0 Å². The van der Waals surface area contributed by atoms with Crippen LogP contribution in [0.3, 0.4) is 0 Å². The van der Waals surface area contributed by atoms with Crippen LogP contribution in [0.2, 0.25) is 0 Å². The number of carbonyl (C=O) groups excluding carboxylic acids is 1. The molecule has 0 atom stereocenters. The number of carbonyl (C=O) groups is 1. The van der Waals surface area contributed by atoms with Crippen molar-refractivity contribution in [2.45, 2.75) is 13.0 Å². The average Bonchev–Trinajstić information content (AvgIpc) is 3.31. The molecule has 0 saturated carbocycles. The second-order valence-corrected chi connectivity index (χ2v) is 7.40. The van der Waals surface area contributed by atoms with E-state index in [9.17, 15) is 9.59 Å². The Kier molecular flexibility index (Phi) is 4.35. The van der Waals surface area contributed by atoms with Crippen molar-refractivity contribution in [3.63, 3.8) is 0 Å². The number of nitrogens with zero attached hydrogens (tertiary/aromatic N) is 3. The average molecular weight is 399 g/mol. The number of aromatic nitrogens is 4. The fourth-order valence-corrected chi connectivity index (χ4v) is 4.08. The van der Waals surface area contributed by atoms with Gasteiger partial charge in [0.1, 0.15) is 12.1 Å². The molecular formula is C23H21N5O2. The van der Waals surface area contributed by atoms with E-state index in [2.05, 4.69) is 21.5 Å². The second kappa shape index (κ2) is 7.18. The van der Waals surface area contributed by atoms with Crippen molar-refractivity contribution in [1.29, 1.82) is 0 Å². The van der Waals surface area contributed by atoms with E-state index in [1.807, 2.05) is 48.7 Å². The highest BCUT2D eigenvalue weighted by Crippen LogP contribution is 2.26. The number of fused-ring (bicyclic) bond motifs is 4. The Balaban J connectivity index is 1.39. The zero-order valence-corrected chi connectivity index (χ0v) is 16.6. The highest BCUT2D eigenvalue weighted by molar-refractivity contribution is 6.07. The molecule has 0 spiro atoms. The van der Waals surface area contributed by atoms with Gasteiger partial charge in [-0.3, -0.25) is 9.59 Å². The van der Waals surface area contributed by atoms with Crippen LogP contribution < -0.4 is 10.9 Å². The van der Waals surface area contributed by atoms with Crippen LogP contribution >= 0.6 is 0 Å². The molecule has 2 aromatic carbocycles. The number of H-pyrrole nitrogens is 1. The van der Waals surface area contributed by atoms with Crippen molar-refractivity contribution in [2.75, 3.05) is 6.54 Å². The Labute approximate surface area is 171 Å². The monoisotopic (exact) mass is 399 g/mol. The van der Waals surface area contributed by atoms with Crippen molar-refractivity contribution in [2.24, 2.45) is 7.05 Å². The maximum atomic E-state index is 12.7. The summed E-state index contributed by atoms with van der Waals surface area (Å²) in [5.41, 5.74) is 3.40. The summed E-state index contributed by atoms with van der Waals surface area (Å²) < 4.78 is 3.09. The number of hydrogen-bond donors (Lipinski definition) is 2. The van der Waals surface area contributed by atoms with E-state index in [0.29, 0.717) is 12.1 Å². The quantitative estimate of drug-likeness (QED) is 0.477. The Morgan fingerprint density at radius 3 is 2.70 bits per heavy atom. The first-order valence-corrected chi connectivity index (χ1v) is 9.88. The molecular weight excluding hydrogens is 378 g/mol. The third-order valence-electron chi connectivity index (χ3n) is 5.56. The van der Waals surface area contributed by atoms with Gasteiger partial charge < -0.3 is 14.9 Å². The summed E-state index contributed by atoms with van der Waals surface area (Å²) in [6, 6.07) is 15.8. The summed E-state index contributed by atoms with van der Waals surface area (Å²) in [4.78, 5) is 28.7. The van der Waals surface area contributed by atoms with Crippen LogP contribution in [0.25, 0.3) is 32.7 Å². The third kappa shape index (κ3) is 2.95. The van der Waals surface area contributed by atoms with Gasteiger partial charge in [0.15, 0.2) is 0 Å². The first kappa shape index (κ1) is 18.2. The summed E-state index contributed by atoms with van der Waals surface area (Å²) >= 11 is 0. The first-order chi connectivity index (χ1) is 14.6. The van der Waals surface area contributed by atoms with E-state index in [-0.39, 0.29) is 18.0 Å². The molecule has 7 heteroatoms. The summed E-state index contributed by atoms with van der Waals surface area (Å²) in [5, 5.41) is 9.99. The van der Waals surface area contributed by atoms with Crippen LogP contribution in [0.15, 0.2) is 65.7 Å². The summed E-state index contributed by atoms with van der Waals surface area (Å²) in [7, 11) is 1.62. The molecule has 3 heterocycles. The van der Waals surface area contributed by atoms with Crippen LogP contribution in [0.1, 0.15) is 5.56 Å². The lowest BCUT2D eigenvalue weighted by Crippen LogP contribution is -2.30. The van der Waals surface area contributed by atoms with Gasteiger partial charge in [-0.15, -0.1) is 0 Å². The Bertz CT molecular complexity index is 1460. The molecule has 0 fully saturated rings. The minimum absolute atomic E-state index is 0.0805. The summed E-state index contributed by atoms with van der Waals surface area (Å²) in [5.74, 6) is -0.128. The number of rotatable bonds is 5. The normalized spacial score (nSPS) is 11.5. The van der Waals surface area contributed by atoms with Gasteiger partial charge in [0.25, 0.3) is 5.56 Å². The lowest BCUT2D eigenvalue weighted by Gasteiger charge is -2.09. The molecule has 0 aliphatic carbocycles. The molecule has 7 nitrogen and oxygen atoms in total. The minimum atomic E-state index is -0.213. The van der Waals surface area contributed by atoms with Crippen molar-refractivity contribution in [3.05, 3.63) is 76.8 Å². The minimum Gasteiger partial charge on any atom is -0.361 e. The summed E-state index contributed by atoms with van der Waals surface area (Å²) in [6.07, 6.45) is 4.40. The van der Waals surface area contributed by atoms with E-state index >= 15 is 0 Å². The van der Waals surface area contributed by atoms with Crippen LogP contribution in [-0.4, -0.2) is 31.8 Å². The number of hydrogen-bond acceptors (Lipinski definition) is 3. The molecule has 3 aromatic heterocycles. The van der Waals surface area contributed by atoms with Crippen molar-refractivity contribution in [1.82, 2.24) is 24.6 Å². The molecule has 0 aliphatic heterocycles. The fraction of sp³-hybridized carbons (Fsp3) is 0.174. The van der Waals surface area contributed by atoms with Crippen molar-refractivity contribution in [3.8, 4) is 0 Å². The largest absolute Gasteiger partial charge is 0.361 e. The highest BCUT2D eigenvalue weighted by Gasteiger charge is 2.16. The predicted octanol–water partition coefficient (Wildman–Crippen LogP) is 2.73. The molecule has 5 aromatic rings. The van der Waals surface area contributed by atoms with Crippen LogP contribution in [0, 0.1) is 0 Å². The number of nitrogens with one attached hydrogen (secondary N) is 2. The number of para-hydroxylation sites is 2. The topological polar surface area (TPSA) is 84.7 Å². The van der Waals surface area contributed by atoms with E-state index in [1.54, 1.807) is 17.8 Å². The molecule has 2 N–H and O–H groups in total. The lowest BCUT2D eigenvalue weighted by molar-refractivity contribution is -0.121. The van der Waals surface area contributed by atoms with Gasteiger partial charge in [-0.2, -0.15) is 5.10 Å². The molecule has 0 unspecified atom stereocenters. The Morgan fingerprint density at radius 1 is 1.07 bits per heavy atom. The molecule has 30 heavy (non-hydrogen) atoms. The maximum Gasteiger partial charge on any atom is 0.291 e. The van der Waals surface area contributed by atoms with E-state index in [4.69, 9.17) is 0 Å². The van der Waals surface area contributed by atoms with Crippen LogP contribution in [0.4, 0.5) is 0 Å². The molecule has 0 radical (unpaired) electrons. The third-order valence-corrected chi connectivity index (χ3v) is 5.56. The standard InChI is InChI=1S/C23H21N5O2/c1-27-23(30)22-18(13-26-27)17-7-3-5-9-20(17)28(22)14-21(29)24-11-10-15-12-25-19-8-4-2-6-16(15)19/h2-9,12-13,25H,10-11,14H2,1H3,(H,24,29). The smallest absolute Gasteiger partial charge is 0.291 e. The number of benzene rings is 2. The first-order valence-electron chi connectivity index (χ1n) is 9.88. The number of aromatic amines is 1. The van der Waals surface area contributed by atoms with Crippen molar-refractivity contribution < 1.29 is 4.79 Å². The summed E-state index contributed by atoms with van der Waals surface area (Å²) in [6.45, 7) is 0.606. The molecule has 1 amide bonds. The molecule has 0 saturated heterocycles. The van der Waals surface area contributed by atoms with E-state index < -0.39 is 0 Å². The maximum absolute atomic E-state index is 12.7. The fourth-order valence-electron chi connectivity index (χ4n) is 4.08. The Hall–Kier alpha value is -3.87. The van der Waals surface area contributed by atoms with Gasteiger partial charge in [0.2, 0.25) is 5.91 Å². The zero-order chi connectivity index (χ0) is 20.7.